The summed E-state index contributed by atoms with van der Waals surface area (Å²) >= 11 is 1.39. The van der Waals surface area contributed by atoms with E-state index in [4.69, 9.17) is 5.73 Å². The molecule has 2 N–H and O–H groups in total. The molecule has 0 saturated carbocycles. The lowest BCUT2D eigenvalue weighted by atomic mass is 10.4. The van der Waals surface area contributed by atoms with E-state index in [1.165, 1.54) is 17.0 Å². The molecule has 0 bridgehead atoms. The van der Waals surface area contributed by atoms with Crippen LogP contribution in [0.5, 0.6) is 0 Å². The lowest BCUT2D eigenvalue weighted by molar-refractivity contribution is 0.591. The standard InChI is InChI=1S/C10H16N6S/c1-7-6-8(2)16(14-7)5-4-15(3)10-13-12-9(11)17-10/h6H,4-5H2,1-3H3,(H2,11,12). The summed E-state index contributed by atoms with van der Waals surface area (Å²) in [6.45, 7) is 5.72. The first-order chi connectivity index (χ1) is 8.06. The fourth-order valence-corrected chi connectivity index (χ4v) is 2.22. The van der Waals surface area contributed by atoms with Gasteiger partial charge in [-0.05, 0) is 19.9 Å². The molecule has 0 aliphatic heterocycles. The van der Waals surface area contributed by atoms with Crippen molar-refractivity contribution in [3.8, 4) is 0 Å². The molecule has 2 aromatic rings. The van der Waals surface area contributed by atoms with Crippen molar-refractivity contribution in [3.63, 3.8) is 0 Å². The molecule has 0 spiro atoms. The third-order valence-electron chi connectivity index (χ3n) is 2.51. The molecule has 0 fully saturated rings. The molecule has 0 atom stereocenters. The van der Waals surface area contributed by atoms with Crippen molar-refractivity contribution >= 4 is 21.6 Å². The Morgan fingerprint density at radius 2 is 2.18 bits per heavy atom. The van der Waals surface area contributed by atoms with Crippen LogP contribution < -0.4 is 10.6 Å². The monoisotopic (exact) mass is 252 g/mol. The highest BCUT2D eigenvalue weighted by Crippen LogP contribution is 2.19. The van der Waals surface area contributed by atoms with E-state index in [1.807, 2.05) is 23.6 Å². The smallest absolute Gasteiger partial charge is 0.209 e. The number of aryl methyl sites for hydroxylation is 2. The van der Waals surface area contributed by atoms with Crippen LogP contribution in [0, 0.1) is 13.8 Å². The first-order valence-corrected chi connectivity index (χ1v) is 6.19. The highest BCUT2D eigenvalue weighted by atomic mass is 32.1. The summed E-state index contributed by atoms with van der Waals surface area (Å²) < 4.78 is 2.00. The number of nitrogen functional groups attached to an aromatic ring is 1. The first-order valence-electron chi connectivity index (χ1n) is 5.37. The number of aromatic nitrogens is 4. The summed E-state index contributed by atoms with van der Waals surface area (Å²) in [5, 5.41) is 13.5. The van der Waals surface area contributed by atoms with Gasteiger partial charge >= 0.3 is 0 Å². The van der Waals surface area contributed by atoms with E-state index in [0.717, 1.165) is 23.9 Å². The number of nitrogens with zero attached hydrogens (tertiary/aromatic N) is 5. The van der Waals surface area contributed by atoms with Gasteiger partial charge in [-0.2, -0.15) is 5.10 Å². The van der Waals surface area contributed by atoms with Crippen LogP contribution in [0.3, 0.4) is 0 Å². The van der Waals surface area contributed by atoms with Crippen molar-refractivity contribution in [2.45, 2.75) is 20.4 Å². The SMILES string of the molecule is Cc1cc(C)n(CCN(C)c2nnc(N)s2)n1. The van der Waals surface area contributed by atoms with E-state index in [0.29, 0.717) is 5.13 Å². The van der Waals surface area contributed by atoms with Gasteiger partial charge in [0.25, 0.3) is 0 Å². The van der Waals surface area contributed by atoms with Crippen LogP contribution in [0.4, 0.5) is 10.3 Å². The molecule has 6 nitrogen and oxygen atoms in total. The summed E-state index contributed by atoms with van der Waals surface area (Å²) in [5.74, 6) is 0. The summed E-state index contributed by atoms with van der Waals surface area (Å²) in [5.41, 5.74) is 7.77. The molecule has 0 aliphatic rings. The number of nitrogens with two attached hydrogens (primary N) is 1. The van der Waals surface area contributed by atoms with Crippen molar-refractivity contribution in [1.29, 1.82) is 0 Å². The van der Waals surface area contributed by atoms with Crippen molar-refractivity contribution in [3.05, 3.63) is 17.5 Å². The Labute approximate surface area is 104 Å². The molecule has 2 aromatic heterocycles. The largest absolute Gasteiger partial charge is 0.374 e. The van der Waals surface area contributed by atoms with Crippen LogP contribution >= 0.6 is 11.3 Å². The fourth-order valence-electron chi connectivity index (χ4n) is 1.62. The highest BCUT2D eigenvalue weighted by Gasteiger charge is 2.08. The summed E-state index contributed by atoms with van der Waals surface area (Å²) in [6.07, 6.45) is 0. The molecule has 0 aliphatic carbocycles. The summed E-state index contributed by atoms with van der Waals surface area (Å²) in [4.78, 5) is 2.03. The van der Waals surface area contributed by atoms with Gasteiger partial charge < -0.3 is 10.6 Å². The minimum absolute atomic E-state index is 0.498. The van der Waals surface area contributed by atoms with Gasteiger partial charge in [0.1, 0.15) is 0 Å². The summed E-state index contributed by atoms with van der Waals surface area (Å²) in [6, 6.07) is 2.07. The molecule has 0 radical (unpaired) electrons. The van der Waals surface area contributed by atoms with Crippen LogP contribution in [0.15, 0.2) is 6.07 Å². The molecule has 0 aromatic carbocycles. The van der Waals surface area contributed by atoms with Crippen LogP contribution in [-0.2, 0) is 6.54 Å². The lowest BCUT2D eigenvalue weighted by Gasteiger charge is -2.15. The second-order valence-corrected chi connectivity index (χ2v) is 4.98. The normalized spacial score (nSPS) is 10.8. The Kier molecular flexibility index (Phi) is 3.28. The lowest BCUT2D eigenvalue weighted by Crippen LogP contribution is -2.23. The van der Waals surface area contributed by atoms with Gasteiger partial charge in [0.15, 0.2) is 0 Å². The highest BCUT2D eigenvalue weighted by molar-refractivity contribution is 7.18. The zero-order valence-corrected chi connectivity index (χ0v) is 11.0. The number of hydrogen-bond acceptors (Lipinski definition) is 6. The molecule has 2 heterocycles. The van der Waals surface area contributed by atoms with Gasteiger partial charge in [-0.3, -0.25) is 4.68 Å². The van der Waals surface area contributed by atoms with Gasteiger partial charge in [0.2, 0.25) is 10.3 Å². The van der Waals surface area contributed by atoms with Crippen LogP contribution in [0.1, 0.15) is 11.4 Å². The molecule has 92 valence electrons. The number of likely N-dealkylation sites (N-methyl/N-ethyl adjacent to an activating group) is 1. The molecule has 0 amide bonds. The summed E-state index contributed by atoms with van der Waals surface area (Å²) in [7, 11) is 1.98. The third kappa shape index (κ3) is 2.73. The van der Waals surface area contributed by atoms with Crippen molar-refractivity contribution in [2.75, 3.05) is 24.2 Å². The van der Waals surface area contributed by atoms with Gasteiger partial charge in [-0.25, -0.2) is 0 Å². The predicted octanol–water partition coefficient (Wildman–Crippen LogP) is 1.07. The minimum atomic E-state index is 0.498. The molecule has 17 heavy (non-hydrogen) atoms. The Morgan fingerprint density at radius 3 is 2.71 bits per heavy atom. The molecule has 2 rings (SSSR count). The van der Waals surface area contributed by atoms with E-state index < -0.39 is 0 Å². The Balaban J connectivity index is 1.96. The third-order valence-corrected chi connectivity index (χ3v) is 3.37. The average Bonchev–Trinajstić information content (AvgIpc) is 2.82. The predicted molar refractivity (Wildman–Crippen MR) is 69.3 cm³/mol. The average molecular weight is 252 g/mol. The second kappa shape index (κ2) is 4.70. The molecule has 7 heteroatoms. The number of anilines is 2. The van der Waals surface area contributed by atoms with Crippen LogP contribution in [0.25, 0.3) is 0 Å². The van der Waals surface area contributed by atoms with E-state index in [9.17, 15) is 0 Å². The van der Waals surface area contributed by atoms with Crippen LogP contribution in [-0.4, -0.2) is 33.6 Å². The van der Waals surface area contributed by atoms with Crippen molar-refractivity contribution in [2.24, 2.45) is 0 Å². The minimum Gasteiger partial charge on any atom is -0.374 e. The van der Waals surface area contributed by atoms with Crippen LogP contribution in [0.2, 0.25) is 0 Å². The van der Waals surface area contributed by atoms with Gasteiger partial charge in [0.05, 0.1) is 12.2 Å². The molecule has 0 unspecified atom stereocenters. The van der Waals surface area contributed by atoms with E-state index in [-0.39, 0.29) is 0 Å². The maximum Gasteiger partial charge on any atom is 0.209 e. The van der Waals surface area contributed by atoms with Gasteiger partial charge in [-0.15, -0.1) is 10.2 Å². The number of rotatable bonds is 4. The van der Waals surface area contributed by atoms with E-state index >= 15 is 0 Å². The topological polar surface area (TPSA) is 72.9 Å². The molecular formula is C10H16N6S. The van der Waals surface area contributed by atoms with Gasteiger partial charge in [0, 0.05) is 19.3 Å². The first kappa shape index (κ1) is 11.8. The van der Waals surface area contributed by atoms with Gasteiger partial charge in [-0.1, -0.05) is 11.3 Å². The molecule has 0 saturated heterocycles. The quantitative estimate of drug-likeness (QED) is 0.881. The zero-order chi connectivity index (χ0) is 12.4. The molecular weight excluding hydrogens is 236 g/mol. The Bertz CT molecular complexity index is 503. The van der Waals surface area contributed by atoms with E-state index in [1.54, 1.807) is 0 Å². The van der Waals surface area contributed by atoms with E-state index in [2.05, 4.69) is 28.3 Å². The fraction of sp³-hybridized carbons (Fsp3) is 0.500. The maximum absolute atomic E-state index is 5.55. The Morgan fingerprint density at radius 1 is 1.41 bits per heavy atom. The van der Waals surface area contributed by atoms with Crippen molar-refractivity contribution < 1.29 is 0 Å². The second-order valence-electron chi connectivity index (χ2n) is 3.99. The number of hydrogen-bond donors (Lipinski definition) is 1. The van der Waals surface area contributed by atoms with Crippen molar-refractivity contribution in [1.82, 2.24) is 20.0 Å². The maximum atomic E-state index is 5.55. The zero-order valence-electron chi connectivity index (χ0n) is 10.2. The Hall–Kier alpha value is -1.63.